The number of amides is 2. The normalized spacial score (nSPS) is 13.1. The number of benzene rings is 2. The Kier molecular flexibility index (Phi) is 4.61. The van der Waals surface area contributed by atoms with Gasteiger partial charge in [-0.25, -0.2) is 0 Å². The molecule has 1 heterocycles. The zero-order valence-electron chi connectivity index (χ0n) is 14.2. The minimum Gasteiger partial charge on any atom is -0.497 e. The van der Waals surface area contributed by atoms with Gasteiger partial charge >= 0.3 is 0 Å². The summed E-state index contributed by atoms with van der Waals surface area (Å²) in [5.41, 5.74) is 7.93. The number of nitrogens with zero attached hydrogens (tertiary/aromatic N) is 1. The van der Waals surface area contributed by atoms with Crippen LogP contribution in [-0.4, -0.2) is 32.6 Å². The van der Waals surface area contributed by atoms with E-state index < -0.39 is 5.91 Å². The molecule has 6 heteroatoms. The van der Waals surface area contributed by atoms with Gasteiger partial charge in [0.25, 0.3) is 5.91 Å². The monoisotopic (exact) mass is 340 g/mol. The zero-order chi connectivity index (χ0) is 18.0. The summed E-state index contributed by atoms with van der Waals surface area (Å²) in [5.74, 6) is 0.404. The lowest BCUT2D eigenvalue weighted by molar-refractivity contribution is 0.0975. The molecule has 2 N–H and O–H groups in total. The number of carbonyl (C=O) groups is 2. The first-order chi connectivity index (χ1) is 12.1. The molecular weight excluding hydrogens is 320 g/mol. The molecular formula is C19H20N2O4. The molecule has 2 aromatic carbocycles. The van der Waals surface area contributed by atoms with E-state index in [4.69, 9.17) is 15.2 Å². The fraction of sp³-hybridized carbons (Fsp3) is 0.263. The Morgan fingerprint density at radius 1 is 1.08 bits per heavy atom. The second-order valence-corrected chi connectivity index (χ2v) is 5.79. The van der Waals surface area contributed by atoms with E-state index in [9.17, 15) is 9.59 Å². The number of carbonyl (C=O) groups excluding carboxylic acids is 2. The lowest BCUT2D eigenvalue weighted by atomic mass is 9.95. The summed E-state index contributed by atoms with van der Waals surface area (Å²) in [6, 6.07) is 10.4. The van der Waals surface area contributed by atoms with Crippen LogP contribution in [0.4, 0.5) is 5.69 Å². The van der Waals surface area contributed by atoms with Crippen LogP contribution in [0.5, 0.6) is 11.5 Å². The van der Waals surface area contributed by atoms with Crippen LogP contribution in [0.3, 0.4) is 0 Å². The number of hydrogen-bond acceptors (Lipinski definition) is 4. The fourth-order valence-corrected chi connectivity index (χ4v) is 3.19. The van der Waals surface area contributed by atoms with Crippen molar-refractivity contribution in [3.63, 3.8) is 0 Å². The standard InChI is InChI=1S/C19H20N2O4/c1-24-12-8-9-15(17(11-12)25-2)19(23)21-10-4-6-13-14(18(20)22)5-3-7-16(13)21/h3,5,7-9,11H,4,6,10H2,1-2H3,(H2,20,22). The maximum Gasteiger partial charge on any atom is 0.262 e. The Bertz CT molecular complexity index is 832. The van der Waals surface area contributed by atoms with Crippen molar-refractivity contribution in [2.24, 2.45) is 5.73 Å². The van der Waals surface area contributed by atoms with Crippen LogP contribution in [0.1, 0.15) is 32.7 Å². The van der Waals surface area contributed by atoms with Crippen LogP contribution < -0.4 is 20.1 Å². The van der Waals surface area contributed by atoms with Gasteiger partial charge < -0.3 is 20.1 Å². The molecule has 25 heavy (non-hydrogen) atoms. The molecule has 0 radical (unpaired) electrons. The summed E-state index contributed by atoms with van der Waals surface area (Å²) in [4.78, 5) is 26.5. The first-order valence-electron chi connectivity index (χ1n) is 8.02. The molecule has 3 rings (SSSR count). The summed E-state index contributed by atoms with van der Waals surface area (Å²) >= 11 is 0. The van der Waals surface area contributed by atoms with Crippen molar-refractivity contribution in [3.05, 3.63) is 53.1 Å². The second-order valence-electron chi connectivity index (χ2n) is 5.79. The Balaban J connectivity index is 2.04. The number of primary amides is 1. The SMILES string of the molecule is COc1ccc(C(=O)N2CCCc3c(C(N)=O)cccc32)c(OC)c1. The molecule has 0 aromatic heterocycles. The largest absolute Gasteiger partial charge is 0.497 e. The number of rotatable bonds is 4. The highest BCUT2D eigenvalue weighted by Gasteiger charge is 2.28. The number of ether oxygens (including phenoxy) is 2. The molecule has 0 unspecified atom stereocenters. The number of methoxy groups -OCH3 is 2. The van der Waals surface area contributed by atoms with E-state index in [0.29, 0.717) is 29.2 Å². The van der Waals surface area contributed by atoms with Gasteiger partial charge in [-0.15, -0.1) is 0 Å². The van der Waals surface area contributed by atoms with Crippen molar-refractivity contribution in [1.29, 1.82) is 0 Å². The van der Waals surface area contributed by atoms with E-state index in [0.717, 1.165) is 24.1 Å². The van der Waals surface area contributed by atoms with Crippen molar-refractivity contribution in [1.82, 2.24) is 0 Å². The summed E-state index contributed by atoms with van der Waals surface area (Å²) in [6.07, 6.45) is 1.49. The Morgan fingerprint density at radius 3 is 2.56 bits per heavy atom. The van der Waals surface area contributed by atoms with Gasteiger partial charge in [0.1, 0.15) is 11.5 Å². The van der Waals surface area contributed by atoms with Gasteiger partial charge in [0.2, 0.25) is 5.91 Å². The van der Waals surface area contributed by atoms with Crippen LogP contribution >= 0.6 is 0 Å². The van der Waals surface area contributed by atoms with E-state index in [1.807, 2.05) is 6.07 Å². The fourth-order valence-electron chi connectivity index (χ4n) is 3.19. The van der Waals surface area contributed by atoms with Crippen LogP contribution in [-0.2, 0) is 6.42 Å². The highest BCUT2D eigenvalue weighted by Crippen LogP contribution is 2.33. The highest BCUT2D eigenvalue weighted by molar-refractivity contribution is 6.09. The number of fused-ring (bicyclic) bond motifs is 1. The molecule has 6 nitrogen and oxygen atoms in total. The molecule has 0 atom stereocenters. The predicted molar refractivity (Wildman–Crippen MR) is 94.5 cm³/mol. The Labute approximate surface area is 146 Å². The molecule has 2 aromatic rings. The molecule has 1 aliphatic rings. The van der Waals surface area contributed by atoms with E-state index in [2.05, 4.69) is 0 Å². The number of anilines is 1. The molecule has 130 valence electrons. The summed E-state index contributed by atoms with van der Waals surface area (Å²) in [7, 11) is 3.07. The highest BCUT2D eigenvalue weighted by atomic mass is 16.5. The third-order valence-electron chi connectivity index (χ3n) is 4.40. The summed E-state index contributed by atoms with van der Waals surface area (Å²) in [6.45, 7) is 0.573. The third kappa shape index (κ3) is 3.03. The van der Waals surface area contributed by atoms with Crippen molar-refractivity contribution in [2.75, 3.05) is 25.7 Å². The van der Waals surface area contributed by atoms with Crippen LogP contribution in [0.2, 0.25) is 0 Å². The molecule has 0 bridgehead atoms. The lowest BCUT2D eigenvalue weighted by Crippen LogP contribution is -2.36. The molecule has 1 aliphatic heterocycles. The van der Waals surface area contributed by atoms with Gasteiger partial charge in [-0.3, -0.25) is 9.59 Å². The van der Waals surface area contributed by atoms with Crippen LogP contribution in [0, 0.1) is 0 Å². The van der Waals surface area contributed by atoms with Gasteiger partial charge in [0.05, 0.1) is 19.8 Å². The van der Waals surface area contributed by atoms with Crippen LogP contribution in [0.15, 0.2) is 36.4 Å². The van der Waals surface area contributed by atoms with Crippen LogP contribution in [0.25, 0.3) is 0 Å². The second kappa shape index (κ2) is 6.84. The Morgan fingerprint density at radius 2 is 1.88 bits per heavy atom. The van der Waals surface area contributed by atoms with Crippen molar-refractivity contribution in [3.8, 4) is 11.5 Å². The molecule has 0 fully saturated rings. The van der Waals surface area contributed by atoms with Gasteiger partial charge in [-0.2, -0.15) is 0 Å². The number of nitrogens with two attached hydrogens (primary N) is 1. The van der Waals surface area contributed by atoms with Gasteiger partial charge in [-0.1, -0.05) is 6.07 Å². The predicted octanol–water partition coefficient (Wildman–Crippen LogP) is 2.40. The molecule has 0 saturated heterocycles. The maximum atomic E-state index is 13.1. The average molecular weight is 340 g/mol. The first kappa shape index (κ1) is 16.8. The zero-order valence-corrected chi connectivity index (χ0v) is 14.2. The third-order valence-corrected chi connectivity index (χ3v) is 4.40. The minimum atomic E-state index is -0.479. The van der Waals surface area contributed by atoms with E-state index >= 15 is 0 Å². The van der Waals surface area contributed by atoms with E-state index in [1.54, 1.807) is 42.3 Å². The molecule has 0 saturated carbocycles. The summed E-state index contributed by atoms with van der Waals surface area (Å²) in [5, 5.41) is 0. The van der Waals surface area contributed by atoms with Gasteiger partial charge in [0, 0.05) is 23.9 Å². The van der Waals surface area contributed by atoms with Crippen molar-refractivity contribution >= 4 is 17.5 Å². The van der Waals surface area contributed by atoms with E-state index in [-0.39, 0.29) is 5.91 Å². The van der Waals surface area contributed by atoms with Crippen molar-refractivity contribution in [2.45, 2.75) is 12.8 Å². The topological polar surface area (TPSA) is 81.9 Å². The Hall–Kier alpha value is -3.02. The lowest BCUT2D eigenvalue weighted by Gasteiger charge is -2.31. The molecule has 0 aliphatic carbocycles. The van der Waals surface area contributed by atoms with Gasteiger partial charge in [-0.05, 0) is 42.7 Å². The minimum absolute atomic E-state index is 0.179. The quantitative estimate of drug-likeness (QED) is 0.926. The maximum absolute atomic E-state index is 13.1. The van der Waals surface area contributed by atoms with Crippen molar-refractivity contribution < 1.29 is 19.1 Å². The average Bonchev–Trinajstić information content (AvgIpc) is 2.65. The molecule has 2 amide bonds. The molecule has 0 spiro atoms. The smallest absolute Gasteiger partial charge is 0.262 e. The summed E-state index contributed by atoms with van der Waals surface area (Å²) < 4.78 is 10.5. The number of hydrogen-bond donors (Lipinski definition) is 1. The van der Waals surface area contributed by atoms with E-state index in [1.165, 1.54) is 7.11 Å². The first-order valence-corrected chi connectivity index (χ1v) is 8.02. The van der Waals surface area contributed by atoms with Gasteiger partial charge in [0.15, 0.2) is 0 Å².